The summed E-state index contributed by atoms with van der Waals surface area (Å²) in [5.41, 5.74) is 1.46. The number of hydrogen-bond acceptors (Lipinski definition) is 2. The summed E-state index contributed by atoms with van der Waals surface area (Å²) in [5.74, 6) is 0. The number of rotatable bonds is 3. The van der Waals surface area contributed by atoms with E-state index >= 15 is 0 Å². The van der Waals surface area contributed by atoms with E-state index in [0.29, 0.717) is 0 Å². The van der Waals surface area contributed by atoms with E-state index in [1.807, 2.05) is 0 Å². The Balaban J connectivity index is 1.55. The van der Waals surface area contributed by atoms with Crippen LogP contribution in [0.1, 0.15) is 37.7 Å². The molecule has 0 spiro atoms. The van der Waals surface area contributed by atoms with E-state index in [0.717, 1.165) is 12.6 Å². The van der Waals surface area contributed by atoms with Gasteiger partial charge >= 0.3 is 0 Å². The molecule has 2 fully saturated rings. The lowest BCUT2D eigenvalue weighted by molar-refractivity contribution is 0.0792. The molecule has 19 heavy (non-hydrogen) atoms. The molecule has 2 saturated heterocycles. The first-order valence-corrected chi connectivity index (χ1v) is 7.92. The summed E-state index contributed by atoms with van der Waals surface area (Å²) in [6.07, 6.45) is 7.04. The SMILES string of the molecule is c1ccc(CN2CCCC(N3CCCCC3)C2)cc1. The van der Waals surface area contributed by atoms with Crippen molar-refractivity contribution < 1.29 is 0 Å². The minimum Gasteiger partial charge on any atom is -0.299 e. The first-order valence-electron chi connectivity index (χ1n) is 7.92. The van der Waals surface area contributed by atoms with Gasteiger partial charge in [0.05, 0.1) is 0 Å². The van der Waals surface area contributed by atoms with E-state index in [4.69, 9.17) is 0 Å². The maximum Gasteiger partial charge on any atom is 0.0234 e. The van der Waals surface area contributed by atoms with Gasteiger partial charge in [-0.1, -0.05) is 36.8 Å². The lowest BCUT2D eigenvalue weighted by Gasteiger charge is -2.41. The molecule has 1 unspecified atom stereocenters. The summed E-state index contributed by atoms with van der Waals surface area (Å²) < 4.78 is 0. The Morgan fingerprint density at radius 3 is 2.47 bits per heavy atom. The second-order valence-electron chi connectivity index (χ2n) is 6.11. The molecule has 0 aromatic heterocycles. The van der Waals surface area contributed by atoms with Gasteiger partial charge in [0, 0.05) is 19.1 Å². The van der Waals surface area contributed by atoms with Crippen molar-refractivity contribution in [2.45, 2.75) is 44.7 Å². The van der Waals surface area contributed by atoms with Gasteiger partial charge in [-0.3, -0.25) is 9.80 Å². The van der Waals surface area contributed by atoms with Gasteiger partial charge in [-0.2, -0.15) is 0 Å². The van der Waals surface area contributed by atoms with Crippen LogP contribution in [0.25, 0.3) is 0 Å². The van der Waals surface area contributed by atoms with Gasteiger partial charge in [0.15, 0.2) is 0 Å². The van der Waals surface area contributed by atoms with Gasteiger partial charge < -0.3 is 0 Å². The zero-order valence-corrected chi connectivity index (χ0v) is 11.9. The number of likely N-dealkylation sites (tertiary alicyclic amines) is 2. The average Bonchev–Trinajstić information content (AvgIpc) is 2.49. The zero-order chi connectivity index (χ0) is 12.9. The van der Waals surface area contributed by atoms with Crippen molar-refractivity contribution in [2.24, 2.45) is 0 Å². The zero-order valence-electron chi connectivity index (χ0n) is 11.9. The van der Waals surface area contributed by atoms with E-state index < -0.39 is 0 Å². The quantitative estimate of drug-likeness (QED) is 0.822. The van der Waals surface area contributed by atoms with Crippen molar-refractivity contribution in [1.82, 2.24) is 9.80 Å². The molecular formula is C17H26N2. The van der Waals surface area contributed by atoms with E-state index in [1.165, 1.54) is 63.8 Å². The smallest absolute Gasteiger partial charge is 0.0234 e. The third kappa shape index (κ3) is 3.58. The molecule has 104 valence electrons. The second kappa shape index (κ2) is 6.53. The van der Waals surface area contributed by atoms with Crippen molar-refractivity contribution in [3.8, 4) is 0 Å². The van der Waals surface area contributed by atoms with Gasteiger partial charge in [-0.15, -0.1) is 0 Å². The summed E-state index contributed by atoms with van der Waals surface area (Å²) in [5, 5.41) is 0. The van der Waals surface area contributed by atoms with Crippen LogP contribution in [-0.2, 0) is 6.54 Å². The normalized spacial score (nSPS) is 26.4. The Labute approximate surface area is 117 Å². The minimum absolute atomic E-state index is 0.817. The molecule has 0 saturated carbocycles. The minimum atomic E-state index is 0.817. The molecule has 2 heteroatoms. The van der Waals surface area contributed by atoms with Gasteiger partial charge in [0.1, 0.15) is 0 Å². The van der Waals surface area contributed by atoms with Crippen molar-refractivity contribution in [3.05, 3.63) is 35.9 Å². The highest BCUT2D eigenvalue weighted by molar-refractivity contribution is 5.14. The highest BCUT2D eigenvalue weighted by Crippen LogP contribution is 2.21. The number of hydrogen-bond donors (Lipinski definition) is 0. The molecule has 0 amide bonds. The van der Waals surface area contributed by atoms with Crippen LogP contribution in [0.3, 0.4) is 0 Å². The molecule has 2 heterocycles. The molecule has 0 N–H and O–H groups in total. The summed E-state index contributed by atoms with van der Waals surface area (Å²) in [7, 11) is 0. The fourth-order valence-electron chi connectivity index (χ4n) is 3.60. The van der Waals surface area contributed by atoms with Gasteiger partial charge in [-0.05, 0) is 50.9 Å². The monoisotopic (exact) mass is 258 g/mol. The van der Waals surface area contributed by atoms with Crippen LogP contribution >= 0.6 is 0 Å². The van der Waals surface area contributed by atoms with Crippen molar-refractivity contribution in [2.75, 3.05) is 26.2 Å². The highest BCUT2D eigenvalue weighted by atomic mass is 15.2. The standard InChI is InChI=1S/C17H26N2/c1-3-8-16(9-4-1)14-18-11-7-10-17(15-18)19-12-5-2-6-13-19/h1,3-4,8-9,17H,2,5-7,10-15H2. The van der Waals surface area contributed by atoms with Crippen LogP contribution in [0.2, 0.25) is 0 Å². The number of benzene rings is 1. The fraction of sp³-hybridized carbons (Fsp3) is 0.647. The fourth-order valence-corrected chi connectivity index (χ4v) is 3.60. The van der Waals surface area contributed by atoms with Gasteiger partial charge in [-0.25, -0.2) is 0 Å². The topological polar surface area (TPSA) is 6.48 Å². The van der Waals surface area contributed by atoms with Crippen LogP contribution < -0.4 is 0 Å². The Hall–Kier alpha value is -0.860. The molecule has 0 radical (unpaired) electrons. The molecule has 3 rings (SSSR count). The number of piperidine rings is 2. The lowest BCUT2D eigenvalue weighted by atomic mass is 10.0. The van der Waals surface area contributed by atoms with Crippen molar-refractivity contribution >= 4 is 0 Å². The molecule has 1 atom stereocenters. The molecule has 2 nitrogen and oxygen atoms in total. The number of nitrogens with zero attached hydrogens (tertiary/aromatic N) is 2. The van der Waals surface area contributed by atoms with Crippen LogP contribution in [0, 0.1) is 0 Å². The van der Waals surface area contributed by atoms with Crippen LogP contribution in [0.5, 0.6) is 0 Å². The highest BCUT2D eigenvalue weighted by Gasteiger charge is 2.25. The van der Waals surface area contributed by atoms with Crippen molar-refractivity contribution in [1.29, 1.82) is 0 Å². The Kier molecular flexibility index (Phi) is 4.52. The van der Waals surface area contributed by atoms with E-state index in [9.17, 15) is 0 Å². The Morgan fingerprint density at radius 1 is 0.895 bits per heavy atom. The molecule has 1 aromatic rings. The van der Waals surface area contributed by atoms with E-state index in [2.05, 4.69) is 40.1 Å². The molecule has 1 aromatic carbocycles. The predicted molar refractivity (Wildman–Crippen MR) is 80.2 cm³/mol. The van der Waals surface area contributed by atoms with E-state index in [1.54, 1.807) is 0 Å². The summed E-state index contributed by atoms with van der Waals surface area (Å²) in [4.78, 5) is 5.40. The molecule has 2 aliphatic heterocycles. The predicted octanol–water partition coefficient (Wildman–Crippen LogP) is 3.14. The summed E-state index contributed by atoms with van der Waals surface area (Å²) in [6.45, 7) is 6.35. The first kappa shape index (κ1) is 13.1. The van der Waals surface area contributed by atoms with Crippen LogP contribution in [0.15, 0.2) is 30.3 Å². The second-order valence-corrected chi connectivity index (χ2v) is 6.11. The third-order valence-electron chi connectivity index (χ3n) is 4.64. The summed E-state index contributed by atoms with van der Waals surface area (Å²) >= 11 is 0. The Bertz CT molecular complexity index is 370. The van der Waals surface area contributed by atoms with Crippen LogP contribution in [-0.4, -0.2) is 42.0 Å². The molecule has 2 aliphatic rings. The lowest BCUT2D eigenvalue weighted by Crippen LogP contribution is -2.49. The van der Waals surface area contributed by atoms with Gasteiger partial charge in [0.25, 0.3) is 0 Å². The average molecular weight is 258 g/mol. The Morgan fingerprint density at radius 2 is 1.68 bits per heavy atom. The van der Waals surface area contributed by atoms with Crippen molar-refractivity contribution in [3.63, 3.8) is 0 Å². The molecule has 0 aliphatic carbocycles. The van der Waals surface area contributed by atoms with E-state index in [-0.39, 0.29) is 0 Å². The molecular weight excluding hydrogens is 232 g/mol. The first-order chi connectivity index (χ1) is 9.42. The maximum absolute atomic E-state index is 2.75. The third-order valence-corrected chi connectivity index (χ3v) is 4.64. The molecule has 0 bridgehead atoms. The summed E-state index contributed by atoms with van der Waals surface area (Å²) in [6, 6.07) is 11.7. The van der Waals surface area contributed by atoms with Gasteiger partial charge in [0.2, 0.25) is 0 Å². The van der Waals surface area contributed by atoms with Crippen LogP contribution in [0.4, 0.5) is 0 Å². The largest absolute Gasteiger partial charge is 0.299 e. The maximum atomic E-state index is 2.75.